The summed E-state index contributed by atoms with van der Waals surface area (Å²) in [6, 6.07) is 0. The smallest absolute Gasteiger partial charge is 0.0106 e. The van der Waals surface area contributed by atoms with Crippen molar-refractivity contribution in [1.29, 1.82) is 0 Å². The Balaban J connectivity index is 3.15. The van der Waals surface area contributed by atoms with Crippen LogP contribution in [0.1, 0.15) is 32.6 Å². The SMILES string of the molecule is CCCCCCN(C)CCN(C)C. The fourth-order valence-corrected chi connectivity index (χ4v) is 1.29. The molecule has 0 aromatic rings. The van der Waals surface area contributed by atoms with E-state index in [2.05, 4.69) is 37.9 Å². The highest BCUT2D eigenvalue weighted by atomic mass is 15.1. The van der Waals surface area contributed by atoms with E-state index in [1.165, 1.54) is 45.3 Å². The largest absolute Gasteiger partial charge is 0.308 e. The average Bonchev–Trinajstić information content (AvgIpc) is 2.09. The average molecular weight is 186 g/mol. The van der Waals surface area contributed by atoms with E-state index in [9.17, 15) is 0 Å². The second-order valence-electron chi connectivity index (χ2n) is 4.17. The Morgan fingerprint density at radius 2 is 1.46 bits per heavy atom. The molecule has 0 saturated heterocycles. The summed E-state index contributed by atoms with van der Waals surface area (Å²) in [5.74, 6) is 0. The molecule has 0 aliphatic carbocycles. The zero-order chi connectivity index (χ0) is 10.1. The Morgan fingerprint density at radius 1 is 0.769 bits per heavy atom. The molecule has 0 aromatic heterocycles. The van der Waals surface area contributed by atoms with Gasteiger partial charge < -0.3 is 9.80 Å². The predicted molar refractivity (Wildman–Crippen MR) is 60.2 cm³/mol. The zero-order valence-electron chi connectivity index (χ0n) is 9.84. The van der Waals surface area contributed by atoms with Crippen LogP contribution in [0.5, 0.6) is 0 Å². The fourth-order valence-electron chi connectivity index (χ4n) is 1.29. The van der Waals surface area contributed by atoms with Gasteiger partial charge in [-0.05, 0) is 34.1 Å². The highest BCUT2D eigenvalue weighted by Crippen LogP contribution is 1.99. The van der Waals surface area contributed by atoms with Crippen LogP contribution in [0.2, 0.25) is 0 Å². The number of hydrogen-bond donors (Lipinski definition) is 0. The summed E-state index contributed by atoms with van der Waals surface area (Å²) >= 11 is 0. The predicted octanol–water partition coefficient (Wildman–Crippen LogP) is 2.06. The molecule has 2 nitrogen and oxygen atoms in total. The third kappa shape index (κ3) is 9.84. The van der Waals surface area contributed by atoms with Crippen molar-refractivity contribution in [3.05, 3.63) is 0 Å². The molecule has 0 saturated carbocycles. The van der Waals surface area contributed by atoms with Gasteiger partial charge in [0, 0.05) is 13.1 Å². The van der Waals surface area contributed by atoms with Crippen molar-refractivity contribution in [3.63, 3.8) is 0 Å². The van der Waals surface area contributed by atoms with Gasteiger partial charge >= 0.3 is 0 Å². The van der Waals surface area contributed by atoms with Crippen molar-refractivity contribution >= 4 is 0 Å². The Bertz CT molecular complexity index is 102. The summed E-state index contributed by atoms with van der Waals surface area (Å²) in [6.45, 7) is 5.88. The van der Waals surface area contributed by atoms with Crippen LogP contribution < -0.4 is 0 Å². The zero-order valence-corrected chi connectivity index (χ0v) is 9.84. The van der Waals surface area contributed by atoms with Crippen LogP contribution in [0.15, 0.2) is 0 Å². The van der Waals surface area contributed by atoms with Gasteiger partial charge in [0.15, 0.2) is 0 Å². The molecule has 80 valence electrons. The summed E-state index contributed by atoms with van der Waals surface area (Å²) in [6.07, 6.45) is 5.48. The van der Waals surface area contributed by atoms with E-state index >= 15 is 0 Å². The Morgan fingerprint density at radius 3 is 2.00 bits per heavy atom. The Kier molecular flexibility index (Phi) is 8.46. The minimum Gasteiger partial charge on any atom is -0.308 e. The van der Waals surface area contributed by atoms with E-state index in [0.717, 1.165) is 0 Å². The number of unbranched alkanes of at least 4 members (excludes halogenated alkanes) is 3. The highest BCUT2D eigenvalue weighted by Gasteiger charge is 1.98. The summed E-state index contributed by atoms with van der Waals surface area (Å²) in [5, 5.41) is 0. The van der Waals surface area contributed by atoms with Gasteiger partial charge in [-0.15, -0.1) is 0 Å². The lowest BCUT2D eigenvalue weighted by Gasteiger charge is -2.18. The normalized spacial score (nSPS) is 11.5. The highest BCUT2D eigenvalue weighted by molar-refractivity contribution is 4.54. The second-order valence-corrected chi connectivity index (χ2v) is 4.17. The van der Waals surface area contributed by atoms with Crippen molar-refractivity contribution < 1.29 is 0 Å². The number of nitrogens with zero attached hydrogens (tertiary/aromatic N) is 2. The van der Waals surface area contributed by atoms with Crippen molar-refractivity contribution in [1.82, 2.24) is 9.80 Å². The molecule has 0 aromatic carbocycles. The van der Waals surface area contributed by atoms with E-state index in [1.807, 2.05) is 0 Å². The first-order valence-corrected chi connectivity index (χ1v) is 5.50. The molecule has 0 rings (SSSR count). The first kappa shape index (κ1) is 12.9. The molecule has 2 heteroatoms. The van der Waals surface area contributed by atoms with E-state index < -0.39 is 0 Å². The van der Waals surface area contributed by atoms with E-state index in [-0.39, 0.29) is 0 Å². The first-order chi connectivity index (χ1) is 6.16. The molecule has 0 atom stereocenters. The number of hydrogen-bond acceptors (Lipinski definition) is 2. The van der Waals surface area contributed by atoms with Gasteiger partial charge in [-0.3, -0.25) is 0 Å². The molecule has 0 N–H and O–H groups in total. The molecule has 0 amide bonds. The molecular weight excluding hydrogens is 160 g/mol. The maximum atomic E-state index is 2.43. The molecule has 0 unspecified atom stereocenters. The molecule has 0 radical (unpaired) electrons. The molecule has 0 spiro atoms. The number of likely N-dealkylation sites (N-methyl/N-ethyl adjacent to an activating group) is 2. The maximum Gasteiger partial charge on any atom is 0.0106 e. The van der Waals surface area contributed by atoms with Crippen molar-refractivity contribution in [3.8, 4) is 0 Å². The van der Waals surface area contributed by atoms with Crippen molar-refractivity contribution in [2.45, 2.75) is 32.6 Å². The van der Waals surface area contributed by atoms with Crippen LogP contribution in [0, 0.1) is 0 Å². The lowest BCUT2D eigenvalue weighted by molar-refractivity contribution is 0.277. The van der Waals surface area contributed by atoms with Crippen LogP contribution in [0.3, 0.4) is 0 Å². The molecule has 0 aliphatic rings. The molecule has 0 heterocycles. The molecule has 13 heavy (non-hydrogen) atoms. The summed E-state index contributed by atoms with van der Waals surface area (Å²) in [4.78, 5) is 4.66. The van der Waals surface area contributed by atoms with Gasteiger partial charge in [-0.1, -0.05) is 26.2 Å². The van der Waals surface area contributed by atoms with Crippen LogP contribution in [-0.2, 0) is 0 Å². The third-order valence-electron chi connectivity index (χ3n) is 2.32. The van der Waals surface area contributed by atoms with Crippen LogP contribution >= 0.6 is 0 Å². The van der Waals surface area contributed by atoms with Gasteiger partial charge in [0.05, 0.1) is 0 Å². The lowest BCUT2D eigenvalue weighted by atomic mass is 10.2. The van der Waals surface area contributed by atoms with Gasteiger partial charge in [0.2, 0.25) is 0 Å². The second kappa shape index (κ2) is 8.52. The monoisotopic (exact) mass is 186 g/mol. The van der Waals surface area contributed by atoms with E-state index in [1.54, 1.807) is 0 Å². The summed E-state index contributed by atoms with van der Waals surface area (Å²) < 4.78 is 0. The van der Waals surface area contributed by atoms with Gasteiger partial charge in [0.25, 0.3) is 0 Å². The van der Waals surface area contributed by atoms with Crippen LogP contribution in [0.25, 0.3) is 0 Å². The first-order valence-electron chi connectivity index (χ1n) is 5.50. The topological polar surface area (TPSA) is 6.48 Å². The minimum atomic E-state index is 1.17. The molecular formula is C11H26N2. The van der Waals surface area contributed by atoms with Crippen LogP contribution in [0.4, 0.5) is 0 Å². The van der Waals surface area contributed by atoms with E-state index in [4.69, 9.17) is 0 Å². The number of rotatable bonds is 8. The van der Waals surface area contributed by atoms with Gasteiger partial charge in [0.1, 0.15) is 0 Å². The molecule has 0 fully saturated rings. The standard InChI is InChI=1S/C11H26N2/c1-5-6-7-8-9-13(4)11-10-12(2)3/h5-11H2,1-4H3. The Hall–Kier alpha value is -0.0800. The maximum absolute atomic E-state index is 2.43. The van der Waals surface area contributed by atoms with Gasteiger partial charge in [-0.2, -0.15) is 0 Å². The summed E-state index contributed by atoms with van der Waals surface area (Å²) in [5.41, 5.74) is 0. The van der Waals surface area contributed by atoms with E-state index in [0.29, 0.717) is 0 Å². The summed E-state index contributed by atoms with van der Waals surface area (Å²) in [7, 11) is 6.48. The quantitative estimate of drug-likeness (QED) is 0.535. The lowest BCUT2D eigenvalue weighted by Crippen LogP contribution is -2.29. The Labute approximate surface area is 83.9 Å². The van der Waals surface area contributed by atoms with Crippen LogP contribution in [-0.4, -0.2) is 50.6 Å². The fraction of sp³-hybridized carbons (Fsp3) is 1.00. The molecule has 0 bridgehead atoms. The minimum absolute atomic E-state index is 1.17. The van der Waals surface area contributed by atoms with Gasteiger partial charge in [-0.25, -0.2) is 0 Å². The molecule has 0 aliphatic heterocycles. The van der Waals surface area contributed by atoms with Crippen molar-refractivity contribution in [2.24, 2.45) is 0 Å². The van der Waals surface area contributed by atoms with Crippen molar-refractivity contribution in [2.75, 3.05) is 40.8 Å². The third-order valence-corrected chi connectivity index (χ3v) is 2.32.